The van der Waals surface area contributed by atoms with Gasteiger partial charge in [0.1, 0.15) is 5.76 Å². The highest BCUT2D eigenvalue weighted by atomic mass is 16.4. The number of aromatic carboxylic acids is 1. The Kier molecular flexibility index (Phi) is 3.80. The number of piperidine rings is 1. The van der Waals surface area contributed by atoms with Crippen LogP contribution in [0, 0.1) is 5.92 Å². The highest BCUT2D eigenvalue weighted by molar-refractivity contribution is 5.84. The summed E-state index contributed by atoms with van der Waals surface area (Å²) in [6.07, 6.45) is 5.12. The molecule has 0 bridgehead atoms. The van der Waals surface area contributed by atoms with Crippen LogP contribution in [0.25, 0.3) is 0 Å². The SMILES string of the molecule is CC(c1ccc(C(=O)O)o1)N1CCC2(O)CCCCC2C1. The van der Waals surface area contributed by atoms with Gasteiger partial charge in [0.05, 0.1) is 11.6 Å². The van der Waals surface area contributed by atoms with Crippen molar-refractivity contribution in [3.8, 4) is 0 Å². The minimum absolute atomic E-state index is 0.0111. The first kappa shape index (κ1) is 14.6. The molecule has 1 aromatic rings. The van der Waals surface area contributed by atoms with Crippen molar-refractivity contribution in [1.82, 2.24) is 4.90 Å². The Balaban J connectivity index is 1.70. The maximum absolute atomic E-state index is 10.9. The minimum Gasteiger partial charge on any atom is -0.475 e. The van der Waals surface area contributed by atoms with Gasteiger partial charge in [-0.3, -0.25) is 4.90 Å². The van der Waals surface area contributed by atoms with Gasteiger partial charge in [0, 0.05) is 19.0 Å². The number of carboxylic acids is 1. The van der Waals surface area contributed by atoms with E-state index in [-0.39, 0.29) is 11.8 Å². The van der Waals surface area contributed by atoms with E-state index in [1.165, 1.54) is 12.5 Å². The van der Waals surface area contributed by atoms with Crippen molar-refractivity contribution >= 4 is 5.97 Å². The minimum atomic E-state index is -1.03. The maximum Gasteiger partial charge on any atom is 0.371 e. The number of hydrogen-bond acceptors (Lipinski definition) is 4. The van der Waals surface area contributed by atoms with Gasteiger partial charge in [-0.15, -0.1) is 0 Å². The third kappa shape index (κ3) is 2.72. The number of aliphatic hydroxyl groups is 1. The number of carboxylic acid groups (broad SMARTS) is 1. The molecule has 5 nitrogen and oxygen atoms in total. The summed E-state index contributed by atoms with van der Waals surface area (Å²) in [5, 5.41) is 19.6. The number of furan rings is 1. The van der Waals surface area contributed by atoms with Crippen LogP contribution in [0.2, 0.25) is 0 Å². The monoisotopic (exact) mass is 293 g/mol. The van der Waals surface area contributed by atoms with E-state index in [0.717, 1.165) is 38.8 Å². The van der Waals surface area contributed by atoms with E-state index in [9.17, 15) is 9.90 Å². The quantitative estimate of drug-likeness (QED) is 0.896. The van der Waals surface area contributed by atoms with E-state index in [0.29, 0.717) is 11.7 Å². The largest absolute Gasteiger partial charge is 0.475 e. The van der Waals surface area contributed by atoms with Crippen molar-refractivity contribution in [1.29, 1.82) is 0 Å². The van der Waals surface area contributed by atoms with E-state index >= 15 is 0 Å². The number of nitrogens with zero attached hydrogens (tertiary/aromatic N) is 1. The zero-order chi connectivity index (χ0) is 15.0. The number of hydrogen-bond donors (Lipinski definition) is 2. The molecule has 1 saturated heterocycles. The molecule has 5 heteroatoms. The Morgan fingerprint density at radius 1 is 1.43 bits per heavy atom. The van der Waals surface area contributed by atoms with Gasteiger partial charge in [-0.2, -0.15) is 0 Å². The lowest BCUT2D eigenvalue weighted by Crippen LogP contribution is -2.53. The van der Waals surface area contributed by atoms with Crippen LogP contribution in [0.3, 0.4) is 0 Å². The third-order valence-corrected chi connectivity index (χ3v) is 5.26. The molecule has 3 rings (SSSR count). The van der Waals surface area contributed by atoms with Gasteiger partial charge < -0.3 is 14.6 Å². The normalized spacial score (nSPS) is 31.6. The topological polar surface area (TPSA) is 73.9 Å². The smallest absolute Gasteiger partial charge is 0.371 e. The third-order valence-electron chi connectivity index (χ3n) is 5.26. The first-order valence-corrected chi connectivity index (χ1v) is 7.79. The summed E-state index contributed by atoms with van der Waals surface area (Å²) in [5.41, 5.74) is -0.482. The van der Waals surface area contributed by atoms with Gasteiger partial charge in [-0.1, -0.05) is 12.8 Å². The molecule has 0 aromatic carbocycles. The molecule has 0 radical (unpaired) electrons. The van der Waals surface area contributed by atoms with Crippen molar-refractivity contribution in [3.63, 3.8) is 0 Å². The summed E-state index contributed by atoms with van der Waals surface area (Å²) in [4.78, 5) is 13.2. The summed E-state index contributed by atoms with van der Waals surface area (Å²) >= 11 is 0. The summed E-state index contributed by atoms with van der Waals surface area (Å²) in [7, 11) is 0. The molecule has 2 N–H and O–H groups in total. The second kappa shape index (κ2) is 5.46. The first-order valence-electron chi connectivity index (χ1n) is 7.79. The lowest BCUT2D eigenvalue weighted by Gasteiger charge is -2.48. The Labute approximate surface area is 124 Å². The molecule has 3 unspecified atom stereocenters. The van der Waals surface area contributed by atoms with E-state index in [4.69, 9.17) is 9.52 Å². The predicted molar refractivity (Wildman–Crippen MR) is 77.2 cm³/mol. The summed E-state index contributed by atoms with van der Waals surface area (Å²) < 4.78 is 5.42. The Morgan fingerprint density at radius 3 is 2.95 bits per heavy atom. The Morgan fingerprint density at radius 2 is 2.24 bits per heavy atom. The Hall–Kier alpha value is -1.33. The summed E-state index contributed by atoms with van der Waals surface area (Å²) in [6.45, 7) is 3.73. The van der Waals surface area contributed by atoms with Gasteiger partial charge >= 0.3 is 5.97 Å². The number of carbonyl (C=O) groups is 1. The molecule has 21 heavy (non-hydrogen) atoms. The number of likely N-dealkylation sites (tertiary alicyclic amines) is 1. The van der Waals surface area contributed by atoms with Crippen LogP contribution in [0.1, 0.15) is 61.4 Å². The molecule has 0 spiro atoms. The molecule has 116 valence electrons. The zero-order valence-electron chi connectivity index (χ0n) is 12.4. The molecule has 1 saturated carbocycles. The molecule has 0 amide bonds. The van der Waals surface area contributed by atoms with Crippen LogP contribution in [0.15, 0.2) is 16.5 Å². The second-order valence-corrected chi connectivity index (χ2v) is 6.47. The van der Waals surface area contributed by atoms with Crippen LogP contribution < -0.4 is 0 Å². The second-order valence-electron chi connectivity index (χ2n) is 6.47. The lowest BCUT2D eigenvalue weighted by atomic mass is 9.71. The van der Waals surface area contributed by atoms with Crippen LogP contribution in [-0.2, 0) is 0 Å². The van der Waals surface area contributed by atoms with Crippen molar-refractivity contribution < 1.29 is 19.4 Å². The fourth-order valence-corrected chi connectivity index (χ4v) is 3.82. The van der Waals surface area contributed by atoms with E-state index < -0.39 is 11.6 Å². The molecule has 3 atom stereocenters. The molecule has 2 aliphatic rings. The van der Waals surface area contributed by atoms with Gasteiger partial charge in [0.15, 0.2) is 0 Å². The standard InChI is InChI=1S/C16H23NO4/c1-11(13-5-6-14(21-13)15(18)19)17-9-8-16(20)7-3-2-4-12(16)10-17/h5-6,11-12,20H,2-4,7-10H2,1H3,(H,18,19). The molecule has 2 fully saturated rings. The van der Waals surface area contributed by atoms with Crippen molar-refractivity contribution in [3.05, 3.63) is 23.7 Å². The van der Waals surface area contributed by atoms with Crippen LogP contribution in [-0.4, -0.2) is 39.8 Å². The van der Waals surface area contributed by atoms with E-state index in [2.05, 4.69) is 4.90 Å². The van der Waals surface area contributed by atoms with Crippen molar-refractivity contribution in [2.75, 3.05) is 13.1 Å². The first-order chi connectivity index (χ1) is 9.99. The highest BCUT2D eigenvalue weighted by Gasteiger charge is 2.43. The van der Waals surface area contributed by atoms with E-state index in [1.54, 1.807) is 6.07 Å². The van der Waals surface area contributed by atoms with Gasteiger partial charge in [-0.25, -0.2) is 4.79 Å². The molecule has 1 aliphatic carbocycles. The summed E-state index contributed by atoms with van der Waals surface area (Å²) in [6, 6.07) is 3.30. The van der Waals surface area contributed by atoms with E-state index in [1.807, 2.05) is 6.92 Å². The van der Waals surface area contributed by atoms with Gasteiger partial charge in [-0.05, 0) is 38.3 Å². The molecule has 2 heterocycles. The number of rotatable bonds is 3. The molecular weight excluding hydrogens is 270 g/mol. The maximum atomic E-state index is 10.9. The fourth-order valence-electron chi connectivity index (χ4n) is 3.82. The Bertz CT molecular complexity index is 526. The highest BCUT2D eigenvalue weighted by Crippen LogP contribution is 2.41. The van der Waals surface area contributed by atoms with Gasteiger partial charge in [0.2, 0.25) is 5.76 Å². The molecular formula is C16H23NO4. The predicted octanol–water partition coefficient (Wildman–Crippen LogP) is 2.67. The van der Waals surface area contributed by atoms with Crippen molar-refractivity contribution in [2.24, 2.45) is 5.92 Å². The lowest BCUT2D eigenvalue weighted by molar-refractivity contribution is -0.103. The average Bonchev–Trinajstić information content (AvgIpc) is 2.95. The van der Waals surface area contributed by atoms with Crippen LogP contribution in [0.5, 0.6) is 0 Å². The zero-order valence-corrected chi connectivity index (χ0v) is 12.4. The summed E-state index contributed by atoms with van der Waals surface area (Å²) in [5.74, 6) is -0.0261. The molecule has 1 aromatic heterocycles. The molecule has 1 aliphatic heterocycles. The fraction of sp³-hybridized carbons (Fsp3) is 0.688. The van der Waals surface area contributed by atoms with Crippen LogP contribution >= 0.6 is 0 Å². The van der Waals surface area contributed by atoms with Crippen LogP contribution in [0.4, 0.5) is 0 Å². The van der Waals surface area contributed by atoms with Gasteiger partial charge in [0.25, 0.3) is 0 Å². The van der Waals surface area contributed by atoms with Crippen molar-refractivity contribution in [2.45, 2.75) is 50.7 Å². The number of fused-ring (bicyclic) bond motifs is 1. The average molecular weight is 293 g/mol.